The van der Waals surface area contributed by atoms with E-state index in [9.17, 15) is 43.9 Å². The number of unbranched alkanes of at least 4 members (excludes halogenated alkanes) is 2. The van der Waals surface area contributed by atoms with Crippen LogP contribution in [0.4, 0.5) is 43.9 Å². The molecular weight excluding hydrogens is 590 g/mol. The fourth-order valence-corrected chi connectivity index (χ4v) is 4.24. The van der Waals surface area contributed by atoms with Gasteiger partial charge in [0.15, 0.2) is 17.5 Å². The molecule has 0 atom stereocenters. The molecule has 0 fully saturated rings. The van der Waals surface area contributed by atoms with Gasteiger partial charge < -0.3 is 4.74 Å². The number of alkyl halides is 2. The zero-order valence-corrected chi connectivity index (χ0v) is 22.2. The highest BCUT2D eigenvalue weighted by Crippen LogP contribution is 2.38. The first kappa shape index (κ1) is 31.5. The summed E-state index contributed by atoms with van der Waals surface area (Å²) in [5.41, 5.74) is -3.56. The third-order valence-electron chi connectivity index (χ3n) is 6.31. The van der Waals surface area contributed by atoms with Crippen LogP contribution in [0.3, 0.4) is 0 Å². The molecule has 0 spiro atoms. The zero-order chi connectivity index (χ0) is 31.5. The molecule has 43 heavy (non-hydrogen) atoms. The van der Waals surface area contributed by atoms with Crippen LogP contribution in [0.5, 0.6) is 5.75 Å². The SMILES string of the molecule is CCCCCc1ccc(C#Cc2cc(F)c(C(F)(F)Oc3cc(F)c(-c4cc(F)c(F)c(F)c4)c(F)c3)c(F)c2)c(F)c1. The Morgan fingerprint density at radius 2 is 1.26 bits per heavy atom. The molecule has 0 bridgehead atoms. The van der Waals surface area contributed by atoms with Gasteiger partial charge in [0, 0.05) is 17.7 Å². The van der Waals surface area contributed by atoms with E-state index < -0.39 is 80.6 Å². The summed E-state index contributed by atoms with van der Waals surface area (Å²) >= 11 is 0. The van der Waals surface area contributed by atoms with Crippen molar-refractivity contribution in [3.05, 3.63) is 123 Å². The van der Waals surface area contributed by atoms with Crippen LogP contribution in [0.25, 0.3) is 11.1 Å². The lowest BCUT2D eigenvalue weighted by Crippen LogP contribution is -2.25. The second kappa shape index (κ2) is 12.8. The molecule has 224 valence electrons. The highest BCUT2D eigenvalue weighted by atomic mass is 19.3. The molecule has 4 rings (SSSR count). The maximum Gasteiger partial charge on any atom is 0.432 e. The number of hydrogen-bond acceptors (Lipinski definition) is 1. The van der Waals surface area contributed by atoms with E-state index in [2.05, 4.69) is 16.6 Å². The maximum absolute atomic E-state index is 14.8. The molecule has 1 nitrogen and oxygen atoms in total. The molecular formula is C32H20F10O. The zero-order valence-electron chi connectivity index (χ0n) is 22.2. The second-order valence-electron chi connectivity index (χ2n) is 9.47. The van der Waals surface area contributed by atoms with E-state index in [0.717, 1.165) is 24.8 Å². The van der Waals surface area contributed by atoms with Crippen molar-refractivity contribution >= 4 is 0 Å². The van der Waals surface area contributed by atoms with E-state index in [1.54, 1.807) is 6.07 Å². The smallest absolute Gasteiger partial charge is 0.429 e. The van der Waals surface area contributed by atoms with Crippen molar-refractivity contribution in [1.29, 1.82) is 0 Å². The molecule has 0 heterocycles. The topological polar surface area (TPSA) is 9.23 Å². The second-order valence-corrected chi connectivity index (χ2v) is 9.47. The molecule has 4 aromatic rings. The quantitative estimate of drug-likeness (QED) is 0.0836. The number of hydrogen-bond donors (Lipinski definition) is 0. The molecule has 0 amide bonds. The molecule has 11 heteroatoms. The molecule has 0 aliphatic rings. The fourth-order valence-electron chi connectivity index (χ4n) is 4.24. The van der Waals surface area contributed by atoms with E-state index in [4.69, 9.17) is 0 Å². The third kappa shape index (κ3) is 7.13. The van der Waals surface area contributed by atoms with Gasteiger partial charge in [0.1, 0.15) is 40.4 Å². The van der Waals surface area contributed by atoms with Crippen LogP contribution in [-0.2, 0) is 12.5 Å². The van der Waals surface area contributed by atoms with Crippen molar-refractivity contribution in [2.45, 2.75) is 38.7 Å². The van der Waals surface area contributed by atoms with Crippen LogP contribution < -0.4 is 4.74 Å². The summed E-state index contributed by atoms with van der Waals surface area (Å²) in [6, 6.07) is 6.15. The molecule has 0 N–H and O–H groups in total. The Morgan fingerprint density at radius 3 is 1.81 bits per heavy atom. The van der Waals surface area contributed by atoms with Crippen molar-refractivity contribution in [3.8, 4) is 28.7 Å². The number of ether oxygens (including phenoxy) is 1. The van der Waals surface area contributed by atoms with Crippen LogP contribution in [-0.4, -0.2) is 0 Å². The van der Waals surface area contributed by atoms with Gasteiger partial charge in [0.2, 0.25) is 0 Å². The lowest BCUT2D eigenvalue weighted by atomic mass is 10.0. The summed E-state index contributed by atoms with van der Waals surface area (Å²) in [6.07, 6.45) is -1.32. The van der Waals surface area contributed by atoms with Crippen LogP contribution in [0.2, 0.25) is 0 Å². The minimum Gasteiger partial charge on any atom is -0.429 e. The molecule has 0 saturated heterocycles. The number of rotatable bonds is 8. The Labute approximate surface area is 239 Å². The number of benzene rings is 4. The summed E-state index contributed by atoms with van der Waals surface area (Å²) < 4.78 is 147. The van der Waals surface area contributed by atoms with Gasteiger partial charge in [-0.3, -0.25) is 0 Å². The molecule has 0 saturated carbocycles. The van der Waals surface area contributed by atoms with Gasteiger partial charge >= 0.3 is 6.11 Å². The third-order valence-corrected chi connectivity index (χ3v) is 6.31. The molecule has 0 radical (unpaired) electrons. The maximum atomic E-state index is 14.8. The van der Waals surface area contributed by atoms with Gasteiger partial charge in [-0.05, 0) is 60.4 Å². The van der Waals surface area contributed by atoms with Crippen molar-refractivity contribution < 1.29 is 48.6 Å². The lowest BCUT2D eigenvalue weighted by Gasteiger charge is -2.20. The fraction of sp³-hybridized carbons (Fsp3) is 0.188. The van der Waals surface area contributed by atoms with E-state index in [0.29, 0.717) is 18.6 Å². The Kier molecular flexibility index (Phi) is 9.38. The summed E-state index contributed by atoms with van der Waals surface area (Å²) in [6.45, 7) is 2.03. The first-order valence-electron chi connectivity index (χ1n) is 12.8. The summed E-state index contributed by atoms with van der Waals surface area (Å²) in [5, 5.41) is 0. The van der Waals surface area contributed by atoms with Crippen LogP contribution in [0.1, 0.15) is 48.4 Å². The minimum absolute atomic E-state index is 0.0867. The minimum atomic E-state index is -4.81. The highest BCUT2D eigenvalue weighted by Gasteiger charge is 2.41. The van der Waals surface area contributed by atoms with Crippen LogP contribution >= 0.6 is 0 Å². The molecule has 0 aliphatic heterocycles. The van der Waals surface area contributed by atoms with E-state index in [-0.39, 0.29) is 29.8 Å². The van der Waals surface area contributed by atoms with E-state index in [1.165, 1.54) is 12.1 Å². The van der Waals surface area contributed by atoms with Crippen molar-refractivity contribution in [1.82, 2.24) is 0 Å². The van der Waals surface area contributed by atoms with Gasteiger partial charge in [-0.15, -0.1) is 0 Å². The van der Waals surface area contributed by atoms with Gasteiger partial charge in [-0.25, -0.2) is 35.1 Å². The van der Waals surface area contributed by atoms with E-state index >= 15 is 0 Å². The lowest BCUT2D eigenvalue weighted by molar-refractivity contribution is -0.189. The first-order chi connectivity index (χ1) is 20.3. The summed E-state index contributed by atoms with van der Waals surface area (Å²) in [4.78, 5) is 0. The Balaban J connectivity index is 1.57. The Morgan fingerprint density at radius 1 is 0.651 bits per heavy atom. The predicted molar refractivity (Wildman–Crippen MR) is 138 cm³/mol. The van der Waals surface area contributed by atoms with Crippen molar-refractivity contribution in [3.63, 3.8) is 0 Å². The van der Waals surface area contributed by atoms with Gasteiger partial charge in [-0.1, -0.05) is 37.7 Å². The Bertz CT molecular complexity index is 1670. The first-order valence-corrected chi connectivity index (χ1v) is 12.8. The molecule has 0 aromatic heterocycles. The molecule has 0 aliphatic carbocycles. The standard InChI is InChI=1S/C32H20F10O/c1-2-3-4-5-17-6-8-19(22(33)10-17)9-7-18-11-25(36)30(26(37)12-18)32(41,42)43-21-15-23(34)29(24(35)16-21)20-13-27(38)31(40)28(39)14-20/h6,8,10-16H,2-5H2,1H3. The monoisotopic (exact) mass is 610 g/mol. The predicted octanol–water partition coefficient (Wildman–Crippen LogP) is 9.73. The molecule has 4 aromatic carbocycles. The highest BCUT2D eigenvalue weighted by molar-refractivity contribution is 5.66. The van der Waals surface area contributed by atoms with Gasteiger partial charge in [0.05, 0.1) is 11.1 Å². The number of halogens is 10. The van der Waals surface area contributed by atoms with Gasteiger partial charge in [-0.2, -0.15) is 8.78 Å². The Hall–Kier alpha value is -4.46. The average Bonchev–Trinajstić information content (AvgIpc) is 2.90. The normalized spacial score (nSPS) is 11.3. The van der Waals surface area contributed by atoms with Crippen LogP contribution in [0, 0.1) is 58.4 Å². The van der Waals surface area contributed by atoms with Crippen LogP contribution in [0.15, 0.2) is 54.6 Å². The largest absolute Gasteiger partial charge is 0.432 e. The summed E-state index contributed by atoms with van der Waals surface area (Å²) in [7, 11) is 0. The van der Waals surface area contributed by atoms with Gasteiger partial charge in [0.25, 0.3) is 0 Å². The van der Waals surface area contributed by atoms with Crippen molar-refractivity contribution in [2.75, 3.05) is 0 Å². The van der Waals surface area contributed by atoms with Crippen molar-refractivity contribution in [2.24, 2.45) is 0 Å². The summed E-state index contributed by atoms with van der Waals surface area (Å²) in [5.74, 6) is -9.58. The van der Waals surface area contributed by atoms with E-state index in [1.807, 2.05) is 6.92 Å². The number of aryl methyl sites for hydroxylation is 1. The molecule has 0 unspecified atom stereocenters. The average molecular weight is 610 g/mol.